The number of fused-ring (bicyclic) bond motifs is 1. The number of rotatable bonds is 8. The van der Waals surface area contributed by atoms with Crippen molar-refractivity contribution in [2.45, 2.75) is 6.04 Å². The monoisotopic (exact) mass is 476 g/mol. The Labute approximate surface area is 199 Å². The van der Waals surface area contributed by atoms with Crippen molar-refractivity contribution in [2.75, 3.05) is 13.9 Å². The van der Waals surface area contributed by atoms with Gasteiger partial charge in [0.2, 0.25) is 6.79 Å². The lowest BCUT2D eigenvalue weighted by molar-refractivity contribution is -0.385. The van der Waals surface area contributed by atoms with Crippen molar-refractivity contribution in [3.63, 3.8) is 0 Å². The van der Waals surface area contributed by atoms with Crippen LogP contribution in [0, 0.1) is 10.1 Å². The van der Waals surface area contributed by atoms with Crippen molar-refractivity contribution < 1.29 is 28.7 Å². The van der Waals surface area contributed by atoms with Gasteiger partial charge in [0, 0.05) is 5.56 Å². The fraction of sp³-hybridized carbons (Fsp3) is 0.125. The number of carbonyl (C=O) groups excluding carboxylic acids is 2. The molecule has 11 nitrogen and oxygen atoms in total. The van der Waals surface area contributed by atoms with Crippen LogP contribution in [0.15, 0.2) is 71.8 Å². The third kappa shape index (κ3) is 5.36. The Morgan fingerprint density at radius 1 is 1.09 bits per heavy atom. The van der Waals surface area contributed by atoms with Crippen LogP contribution in [0.4, 0.5) is 5.69 Å². The highest BCUT2D eigenvalue weighted by Gasteiger charge is 2.25. The smallest absolute Gasteiger partial charge is 0.282 e. The van der Waals surface area contributed by atoms with Crippen molar-refractivity contribution in [1.82, 2.24) is 10.7 Å². The van der Waals surface area contributed by atoms with Gasteiger partial charge < -0.3 is 19.5 Å². The minimum atomic E-state index is -1.10. The van der Waals surface area contributed by atoms with E-state index in [1.54, 1.807) is 54.6 Å². The second-order valence-corrected chi connectivity index (χ2v) is 7.30. The molecule has 11 heteroatoms. The number of hydrogen-bond donors (Lipinski definition) is 2. The van der Waals surface area contributed by atoms with E-state index < -0.39 is 22.8 Å². The normalized spacial score (nSPS) is 12.7. The summed E-state index contributed by atoms with van der Waals surface area (Å²) < 4.78 is 15.6. The van der Waals surface area contributed by atoms with Crippen molar-refractivity contribution in [3.8, 4) is 17.2 Å². The van der Waals surface area contributed by atoms with Gasteiger partial charge in [-0.2, -0.15) is 5.10 Å². The number of amides is 2. The average molecular weight is 476 g/mol. The van der Waals surface area contributed by atoms with E-state index in [1.165, 1.54) is 19.2 Å². The van der Waals surface area contributed by atoms with Crippen LogP contribution < -0.4 is 25.0 Å². The molecular weight excluding hydrogens is 456 g/mol. The van der Waals surface area contributed by atoms with Crippen LogP contribution in [-0.4, -0.2) is 36.9 Å². The SMILES string of the molecule is COc1ccc(C(NC(=O)c2ccccc2)C(=O)NN=Cc2cc3c(cc2[N+](=O)[O-])OCO3)cc1. The van der Waals surface area contributed by atoms with E-state index in [-0.39, 0.29) is 23.8 Å². The lowest BCUT2D eigenvalue weighted by Gasteiger charge is -2.18. The summed E-state index contributed by atoms with van der Waals surface area (Å²) in [5.41, 5.74) is 3.03. The fourth-order valence-corrected chi connectivity index (χ4v) is 3.34. The molecule has 1 heterocycles. The van der Waals surface area contributed by atoms with Gasteiger partial charge in [-0.1, -0.05) is 30.3 Å². The van der Waals surface area contributed by atoms with Crippen LogP contribution in [-0.2, 0) is 4.79 Å². The zero-order valence-corrected chi connectivity index (χ0v) is 18.5. The first-order chi connectivity index (χ1) is 17.0. The van der Waals surface area contributed by atoms with E-state index >= 15 is 0 Å². The number of ether oxygens (including phenoxy) is 3. The quantitative estimate of drug-likeness (QED) is 0.289. The third-order valence-electron chi connectivity index (χ3n) is 5.12. The number of hydrogen-bond acceptors (Lipinski definition) is 8. The molecule has 0 fully saturated rings. The summed E-state index contributed by atoms with van der Waals surface area (Å²) >= 11 is 0. The van der Waals surface area contributed by atoms with Crippen molar-refractivity contribution in [3.05, 3.63) is 93.5 Å². The van der Waals surface area contributed by atoms with E-state index in [2.05, 4.69) is 15.8 Å². The number of carbonyl (C=O) groups is 2. The maximum atomic E-state index is 13.0. The molecule has 3 aromatic carbocycles. The van der Waals surface area contributed by atoms with Gasteiger partial charge in [0.25, 0.3) is 17.5 Å². The molecule has 3 aromatic rings. The van der Waals surface area contributed by atoms with Crippen molar-refractivity contribution in [2.24, 2.45) is 5.10 Å². The van der Waals surface area contributed by atoms with Gasteiger partial charge in [-0.25, -0.2) is 5.43 Å². The fourth-order valence-electron chi connectivity index (χ4n) is 3.34. The number of benzene rings is 3. The Kier molecular flexibility index (Phi) is 6.86. The van der Waals surface area contributed by atoms with Crippen molar-refractivity contribution >= 4 is 23.7 Å². The molecular formula is C24H20N4O7. The molecule has 178 valence electrons. The molecule has 0 bridgehead atoms. The van der Waals surface area contributed by atoms with Crippen molar-refractivity contribution in [1.29, 1.82) is 0 Å². The number of nitrogens with one attached hydrogen (secondary N) is 2. The summed E-state index contributed by atoms with van der Waals surface area (Å²) in [6.45, 7) is -0.0471. The van der Waals surface area contributed by atoms with Gasteiger partial charge in [-0.3, -0.25) is 19.7 Å². The maximum Gasteiger partial charge on any atom is 0.282 e. The molecule has 4 rings (SSSR count). The number of hydrazone groups is 1. The van der Waals surface area contributed by atoms with Crippen LogP contribution in [0.25, 0.3) is 0 Å². The summed E-state index contributed by atoms with van der Waals surface area (Å²) in [4.78, 5) is 36.6. The van der Waals surface area contributed by atoms with Gasteiger partial charge >= 0.3 is 0 Å². The molecule has 1 atom stereocenters. The van der Waals surface area contributed by atoms with E-state index in [0.717, 1.165) is 6.21 Å². The molecule has 1 unspecified atom stereocenters. The summed E-state index contributed by atoms with van der Waals surface area (Å²) in [5.74, 6) is 0.0437. The zero-order chi connectivity index (χ0) is 24.8. The molecule has 0 saturated heterocycles. The largest absolute Gasteiger partial charge is 0.497 e. The Bertz CT molecular complexity index is 1280. The Morgan fingerprint density at radius 2 is 1.77 bits per heavy atom. The number of nitro benzene ring substituents is 1. The molecule has 1 aliphatic heterocycles. The van der Waals surface area contributed by atoms with Crippen LogP contribution in [0.2, 0.25) is 0 Å². The third-order valence-corrected chi connectivity index (χ3v) is 5.12. The molecule has 1 aliphatic rings. The number of methoxy groups -OCH3 is 1. The molecule has 0 saturated carbocycles. The van der Waals surface area contributed by atoms with Crippen LogP contribution in [0.1, 0.15) is 27.5 Å². The minimum Gasteiger partial charge on any atom is -0.497 e. The molecule has 0 aliphatic carbocycles. The maximum absolute atomic E-state index is 13.0. The predicted octanol–water partition coefficient (Wildman–Crippen LogP) is 2.95. The topological polar surface area (TPSA) is 141 Å². The minimum absolute atomic E-state index is 0.0471. The van der Waals surface area contributed by atoms with E-state index in [1.807, 2.05) is 0 Å². The summed E-state index contributed by atoms with van der Waals surface area (Å²) in [7, 11) is 1.51. The van der Waals surface area contributed by atoms with E-state index in [9.17, 15) is 19.7 Å². The second kappa shape index (κ2) is 10.3. The van der Waals surface area contributed by atoms with Crippen LogP contribution in [0.5, 0.6) is 17.2 Å². The van der Waals surface area contributed by atoms with E-state index in [0.29, 0.717) is 22.6 Å². The van der Waals surface area contributed by atoms with Gasteiger partial charge in [-0.15, -0.1) is 0 Å². The van der Waals surface area contributed by atoms with Gasteiger partial charge in [0.05, 0.1) is 29.9 Å². The average Bonchev–Trinajstić information content (AvgIpc) is 3.34. The lowest BCUT2D eigenvalue weighted by Crippen LogP contribution is -2.38. The standard InChI is InChI=1S/C24H20N4O7/c1-33-18-9-7-15(8-10-18)22(26-23(29)16-5-3-2-4-6-16)24(30)27-25-13-17-11-20-21(35-14-34-20)12-19(17)28(31)32/h2-13,22H,14H2,1H3,(H,26,29)(H,27,30). The summed E-state index contributed by atoms with van der Waals surface area (Å²) in [6.07, 6.45) is 1.13. The van der Waals surface area contributed by atoms with E-state index in [4.69, 9.17) is 14.2 Å². The molecule has 35 heavy (non-hydrogen) atoms. The molecule has 0 radical (unpaired) electrons. The highest BCUT2D eigenvalue weighted by Crippen LogP contribution is 2.37. The highest BCUT2D eigenvalue weighted by atomic mass is 16.7. The number of nitrogens with zero attached hydrogens (tertiary/aromatic N) is 2. The van der Waals surface area contributed by atoms with Crippen LogP contribution in [0.3, 0.4) is 0 Å². The summed E-state index contributed by atoms with van der Waals surface area (Å²) in [6, 6.07) is 16.5. The number of nitro groups is 1. The van der Waals surface area contributed by atoms with Crippen LogP contribution >= 0.6 is 0 Å². The first kappa shape index (κ1) is 23.2. The Morgan fingerprint density at radius 3 is 2.43 bits per heavy atom. The second-order valence-electron chi connectivity index (χ2n) is 7.30. The van der Waals surface area contributed by atoms with Gasteiger partial charge in [0.15, 0.2) is 11.5 Å². The molecule has 0 spiro atoms. The molecule has 2 N–H and O–H groups in total. The molecule has 0 aromatic heterocycles. The Balaban J connectivity index is 1.56. The Hall–Kier alpha value is -4.93. The highest BCUT2D eigenvalue weighted by molar-refractivity contribution is 5.98. The molecule has 2 amide bonds. The van der Waals surface area contributed by atoms with Gasteiger partial charge in [-0.05, 0) is 35.9 Å². The van der Waals surface area contributed by atoms with Gasteiger partial charge in [0.1, 0.15) is 11.8 Å². The summed E-state index contributed by atoms with van der Waals surface area (Å²) in [5, 5.41) is 18.0. The lowest BCUT2D eigenvalue weighted by atomic mass is 10.1. The zero-order valence-electron chi connectivity index (χ0n) is 18.5. The first-order valence-corrected chi connectivity index (χ1v) is 10.4. The predicted molar refractivity (Wildman–Crippen MR) is 125 cm³/mol. The first-order valence-electron chi connectivity index (χ1n) is 10.4.